The van der Waals surface area contributed by atoms with Gasteiger partial charge in [0.05, 0.1) is 10.6 Å². The summed E-state index contributed by atoms with van der Waals surface area (Å²) in [6, 6.07) is 1.59. The van der Waals surface area contributed by atoms with E-state index in [1.807, 2.05) is 20.8 Å². The molecule has 2 aliphatic carbocycles. The highest BCUT2D eigenvalue weighted by Gasteiger charge is 2.37. The smallest absolute Gasteiger partial charge is 0.348 e. The number of primary amides is 1. The molecule has 1 aromatic heterocycles. The number of hydrogen-bond acceptors (Lipinski definition) is 6. The van der Waals surface area contributed by atoms with E-state index in [4.69, 9.17) is 15.9 Å². The van der Waals surface area contributed by atoms with E-state index in [9.17, 15) is 19.5 Å². The van der Waals surface area contributed by atoms with Crippen molar-refractivity contribution in [3.63, 3.8) is 0 Å². The lowest BCUT2D eigenvalue weighted by molar-refractivity contribution is -0.124. The Balaban J connectivity index is 1.88. The van der Waals surface area contributed by atoms with Gasteiger partial charge in [-0.2, -0.15) is 0 Å². The SMILES string of the molecule is CC(C)(C)C#Cc1cc(N(C(=O)[C@H]2CC[C@H](C)CC2)[C@H]2CC[C@@H](OC(=N)/C=C\C(N)=O)CC2)c(C(=O)O)s1. The van der Waals surface area contributed by atoms with E-state index >= 15 is 0 Å². The number of hydrogen-bond donors (Lipinski definition) is 3. The van der Waals surface area contributed by atoms with E-state index in [0.717, 1.165) is 43.1 Å². The van der Waals surface area contributed by atoms with Crippen LogP contribution in [0.3, 0.4) is 0 Å². The highest BCUT2D eigenvalue weighted by atomic mass is 32.1. The Hall–Kier alpha value is -3.12. The van der Waals surface area contributed by atoms with Crippen molar-refractivity contribution >= 4 is 40.7 Å². The summed E-state index contributed by atoms with van der Waals surface area (Å²) in [7, 11) is 0. The summed E-state index contributed by atoms with van der Waals surface area (Å²) in [5, 5.41) is 18.0. The maximum Gasteiger partial charge on any atom is 0.348 e. The average molecular weight is 542 g/mol. The second-order valence-electron chi connectivity index (χ2n) is 11.4. The van der Waals surface area contributed by atoms with Crippen molar-refractivity contribution in [1.82, 2.24) is 0 Å². The van der Waals surface area contributed by atoms with E-state index in [1.165, 1.54) is 6.08 Å². The topological polar surface area (TPSA) is 134 Å². The fourth-order valence-electron chi connectivity index (χ4n) is 5.02. The molecule has 0 aromatic carbocycles. The minimum Gasteiger partial charge on any atom is -0.477 e. The molecular weight excluding hydrogens is 502 g/mol. The molecule has 0 atom stereocenters. The van der Waals surface area contributed by atoms with Crippen molar-refractivity contribution in [2.75, 3.05) is 4.90 Å². The van der Waals surface area contributed by atoms with Crippen molar-refractivity contribution in [3.05, 3.63) is 28.0 Å². The monoisotopic (exact) mass is 541 g/mol. The molecule has 1 heterocycles. The first-order valence-corrected chi connectivity index (χ1v) is 14.1. The van der Waals surface area contributed by atoms with E-state index < -0.39 is 11.9 Å². The van der Waals surface area contributed by atoms with Gasteiger partial charge in [-0.05, 0) is 84.1 Å². The van der Waals surface area contributed by atoms with Crippen LogP contribution in [0.5, 0.6) is 0 Å². The fourth-order valence-corrected chi connectivity index (χ4v) is 5.86. The van der Waals surface area contributed by atoms with Crippen LogP contribution in [-0.4, -0.2) is 40.9 Å². The molecule has 0 radical (unpaired) electrons. The number of rotatable bonds is 7. The number of thiophene rings is 1. The van der Waals surface area contributed by atoms with Crippen LogP contribution in [-0.2, 0) is 14.3 Å². The Morgan fingerprint density at radius 2 is 1.74 bits per heavy atom. The predicted molar refractivity (Wildman–Crippen MR) is 149 cm³/mol. The highest BCUT2D eigenvalue weighted by molar-refractivity contribution is 7.15. The molecule has 4 N–H and O–H groups in total. The molecule has 1 aromatic rings. The summed E-state index contributed by atoms with van der Waals surface area (Å²) in [5.41, 5.74) is 5.29. The van der Waals surface area contributed by atoms with E-state index in [0.29, 0.717) is 42.2 Å². The summed E-state index contributed by atoms with van der Waals surface area (Å²) < 4.78 is 5.67. The van der Waals surface area contributed by atoms with Gasteiger partial charge in [0.25, 0.3) is 0 Å². The molecule has 0 unspecified atom stereocenters. The number of carboxylic acids is 1. The molecule has 206 valence electrons. The fraction of sp³-hybridized carbons (Fsp3) is 0.586. The van der Waals surface area contributed by atoms with Crippen LogP contribution in [0.4, 0.5) is 5.69 Å². The van der Waals surface area contributed by atoms with Gasteiger partial charge in [-0.1, -0.05) is 18.8 Å². The molecule has 0 spiro atoms. The Morgan fingerprint density at radius 3 is 2.29 bits per heavy atom. The minimum absolute atomic E-state index is 0.00552. The summed E-state index contributed by atoms with van der Waals surface area (Å²) in [5.74, 6) is 4.90. The predicted octanol–water partition coefficient (Wildman–Crippen LogP) is 5.35. The molecule has 0 aliphatic heterocycles. The molecule has 2 aliphatic rings. The van der Waals surface area contributed by atoms with Crippen molar-refractivity contribution in [1.29, 1.82) is 5.41 Å². The summed E-state index contributed by atoms with van der Waals surface area (Å²) in [6.45, 7) is 8.20. The molecule has 38 heavy (non-hydrogen) atoms. The number of nitrogens with one attached hydrogen (secondary N) is 1. The zero-order valence-corrected chi connectivity index (χ0v) is 23.5. The van der Waals surface area contributed by atoms with Crippen LogP contribution in [0, 0.1) is 34.5 Å². The molecule has 8 nitrogen and oxygen atoms in total. The van der Waals surface area contributed by atoms with Gasteiger partial charge in [0.1, 0.15) is 11.0 Å². The van der Waals surface area contributed by atoms with Crippen LogP contribution in [0.25, 0.3) is 0 Å². The first-order chi connectivity index (χ1) is 17.8. The second kappa shape index (κ2) is 12.6. The minimum atomic E-state index is -1.06. The number of carboxylic acid groups (broad SMARTS) is 1. The quantitative estimate of drug-likeness (QED) is 0.185. The molecule has 0 saturated heterocycles. The summed E-state index contributed by atoms with van der Waals surface area (Å²) in [6.07, 6.45) is 8.13. The maximum absolute atomic E-state index is 14.0. The van der Waals surface area contributed by atoms with Crippen LogP contribution < -0.4 is 10.6 Å². The summed E-state index contributed by atoms with van der Waals surface area (Å²) in [4.78, 5) is 39.7. The third-order valence-corrected chi connectivity index (χ3v) is 8.06. The summed E-state index contributed by atoms with van der Waals surface area (Å²) >= 11 is 1.12. The lowest BCUT2D eigenvalue weighted by Gasteiger charge is -2.39. The zero-order valence-electron chi connectivity index (χ0n) is 22.7. The average Bonchev–Trinajstić information content (AvgIpc) is 3.27. The standard InChI is InChI=1S/C29H39N3O5S/c1-18-5-7-19(8-6-18)27(34)32(20-9-11-21(12-10-20)37-25(31)14-13-24(30)33)23-17-22(15-16-29(2,3)4)38-26(23)28(35)36/h13-14,17-21,31H,5-12H2,1-4H3,(H2,30,33)(H,35,36)/b14-13-,31-25?/t18-,19-,20-,21+. The molecule has 2 saturated carbocycles. The van der Waals surface area contributed by atoms with Gasteiger partial charge >= 0.3 is 5.97 Å². The third kappa shape index (κ3) is 8.19. The maximum atomic E-state index is 14.0. The van der Waals surface area contributed by atoms with Crippen LogP contribution >= 0.6 is 11.3 Å². The number of amides is 2. The van der Waals surface area contributed by atoms with Crippen LogP contribution in [0.1, 0.15) is 93.6 Å². The number of aromatic carboxylic acids is 1. The van der Waals surface area contributed by atoms with Crippen LogP contribution in [0.2, 0.25) is 0 Å². The Bertz CT molecular complexity index is 1140. The number of carbonyl (C=O) groups is 3. The molecule has 9 heteroatoms. The first-order valence-electron chi connectivity index (χ1n) is 13.3. The molecule has 2 amide bonds. The highest BCUT2D eigenvalue weighted by Crippen LogP contribution is 2.39. The van der Waals surface area contributed by atoms with E-state index in [1.54, 1.807) is 11.0 Å². The van der Waals surface area contributed by atoms with Crippen molar-refractivity contribution in [2.45, 2.75) is 91.2 Å². The molecule has 2 fully saturated rings. The molecular formula is C29H39N3O5S. The first kappa shape index (κ1) is 29.4. The lowest BCUT2D eigenvalue weighted by atomic mass is 9.81. The van der Waals surface area contributed by atoms with Crippen molar-refractivity contribution in [3.8, 4) is 11.8 Å². The van der Waals surface area contributed by atoms with Gasteiger partial charge in [0.2, 0.25) is 17.7 Å². The second-order valence-corrected chi connectivity index (χ2v) is 12.5. The zero-order chi connectivity index (χ0) is 28.0. The largest absolute Gasteiger partial charge is 0.477 e. The number of ether oxygens (including phenoxy) is 1. The van der Waals surface area contributed by atoms with Crippen molar-refractivity contribution < 1.29 is 24.2 Å². The van der Waals surface area contributed by atoms with Crippen molar-refractivity contribution in [2.24, 2.45) is 23.0 Å². The van der Waals surface area contributed by atoms with E-state index in [-0.39, 0.29) is 40.2 Å². The Labute approximate surface area is 229 Å². The molecule has 0 bridgehead atoms. The number of nitrogens with zero attached hydrogens (tertiary/aromatic N) is 1. The van der Waals surface area contributed by atoms with Crippen LogP contribution in [0.15, 0.2) is 18.2 Å². The van der Waals surface area contributed by atoms with Gasteiger partial charge < -0.3 is 20.5 Å². The van der Waals surface area contributed by atoms with Gasteiger partial charge in [-0.25, -0.2) is 4.79 Å². The van der Waals surface area contributed by atoms with Gasteiger partial charge in [-0.15, -0.1) is 11.3 Å². The number of anilines is 1. The normalized spacial score (nSPS) is 23.8. The third-order valence-electron chi connectivity index (χ3n) is 7.03. The van der Waals surface area contributed by atoms with Gasteiger partial charge in [-0.3, -0.25) is 15.0 Å². The Morgan fingerprint density at radius 1 is 1.11 bits per heavy atom. The number of carbonyl (C=O) groups excluding carboxylic acids is 2. The Kier molecular flexibility index (Phi) is 9.77. The number of nitrogens with two attached hydrogens (primary N) is 1. The van der Waals surface area contributed by atoms with Gasteiger partial charge in [0.15, 0.2) is 0 Å². The van der Waals surface area contributed by atoms with E-state index in [2.05, 4.69) is 18.8 Å². The van der Waals surface area contributed by atoms with Gasteiger partial charge in [0, 0.05) is 29.5 Å². The molecule has 3 rings (SSSR count). The lowest BCUT2D eigenvalue weighted by Crippen LogP contribution is -2.47.